The van der Waals surface area contributed by atoms with Gasteiger partial charge in [-0.2, -0.15) is 0 Å². The molecule has 2 fully saturated rings. The van der Waals surface area contributed by atoms with Crippen LogP contribution < -0.4 is 5.32 Å². The minimum absolute atomic E-state index is 0. The largest absolute Gasteiger partial charge is 0.381 e. The number of halogens is 2. The van der Waals surface area contributed by atoms with E-state index in [1.807, 2.05) is 18.2 Å². The molecule has 146 valence electrons. The predicted molar refractivity (Wildman–Crippen MR) is 120 cm³/mol. The Balaban J connectivity index is 0.00000243. The van der Waals surface area contributed by atoms with Gasteiger partial charge in [0.25, 0.3) is 0 Å². The summed E-state index contributed by atoms with van der Waals surface area (Å²) in [4.78, 5) is 7.38. The van der Waals surface area contributed by atoms with E-state index in [2.05, 4.69) is 37.1 Å². The highest BCUT2D eigenvalue weighted by molar-refractivity contribution is 14.0. The second kappa shape index (κ2) is 9.11. The summed E-state index contributed by atoms with van der Waals surface area (Å²) in [7, 11) is 0. The molecule has 0 aliphatic carbocycles. The molecule has 2 aliphatic heterocycles. The average molecular weight is 492 g/mol. The zero-order valence-corrected chi connectivity index (χ0v) is 19.1. The molecule has 2 heterocycles. The first kappa shape index (κ1) is 21.8. The molecule has 26 heavy (non-hydrogen) atoms. The number of nitrogens with zero attached hydrogens (tertiary/aromatic N) is 2. The van der Waals surface area contributed by atoms with E-state index in [0.29, 0.717) is 5.41 Å². The lowest BCUT2D eigenvalue weighted by Crippen LogP contribution is -2.42. The molecule has 1 aromatic rings. The smallest absolute Gasteiger partial charge is 0.193 e. The molecule has 1 aromatic carbocycles. The van der Waals surface area contributed by atoms with Crippen LogP contribution in [0.1, 0.15) is 39.2 Å². The van der Waals surface area contributed by atoms with Crippen LogP contribution in [0.3, 0.4) is 0 Å². The highest BCUT2D eigenvalue weighted by atomic mass is 127. The topological polar surface area (TPSA) is 36.9 Å². The van der Waals surface area contributed by atoms with Crippen molar-refractivity contribution in [2.24, 2.45) is 10.4 Å². The Bertz CT molecular complexity index is 629. The summed E-state index contributed by atoms with van der Waals surface area (Å²) in [5.74, 6) is 1.03. The second-order valence-corrected chi connectivity index (χ2v) is 8.47. The first-order chi connectivity index (χ1) is 11.9. The van der Waals surface area contributed by atoms with Crippen molar-refractivity contribution in [3.8, 4) is 0 Å². The van der Waals surface area contributed by atoms with E-state index in [9.17, 15) is 0 Å². The van der Waals surface area contributed by atoms with E-state index in [4.69, 9.17) is 21.3 Å². The first-order valence-corrected chi connectivity index (χ1v) is 9.69. The van der Waals surface area contributed by atoms with Crippen molar-refractivity contribution < 1.29 is 4.74 Å². The van der Waals surface area contributed by atoms with E-state index >= 15 is 0 Å². The van der Waals surface area contributed by atoms with Crippen LogP contribution in [-0.4, -0.2) is 50.3 Å². The fraction of sp³-hybridized carbons (Fsp3) is 0.650. The number of likely N-dealkylation sites (tertiary alicyclic amines) is 1. The van der Waals surface area contributed by atoms with Crippen LogP contribution in [0, 0.1) is 5.41 Å². The highest BCUT2D eigenvalue weighted by Gasteiger charge is 2.42. The summed E-state index contributed by atoms with van der Waals surface area (Å²) in [6.07, 6.45) is 2.38. The number of aliphatic imine (C=N–C) groups is 1. The van der Waals surface area contributed by atoms with Crippen LogP contribution in [0.15, 0.2) is 29.3 Å². The lowest BCUT2D eigenvalue weighted by molar-refractivity contribution is 0.156. The number of hydrogen-bond acceptors (Lipinski definition) is 2. The summed E-state index contributed by atoms with van der Waals surface area (Å²) in [5.41, 5.74) is 1.51. The minimum atomic E-state index is -0.0561. The van der Waals surface area contributed by atoms with Crippen LogP contribution in [-0.2, 0) is 10.2 Å². The molecular weight excluding hydrogens is 461 g/mol. The molecule has 0 aromatic heterocycles. The summed E-state index contributed by atoms with van der Waals surface area (Å²) in [5, 5.41) is 4.26. The number of rotatable bonds is 4. The SMILES string of the molecule is CCNC(=NCC(C)(C)c1cccc(Cl)c1)N1CCC2(CCOC2)C1.I. The fourth-order valence-electron chi connectivity index (χ4n) is 3.79. The van der Waals surface area contributed by atoms with Crippen molar-refractivity contribution in [1.29, 1.82) is 0 Å². The molecule has 2 aliphatic rings. The predicted octanol–water partition coefficient (Wildman–Crippen LogP) is 4.31. The first-order valence-electron chi connectivity index (χ1n) is 9.31. The lowest BCUT2D eigenvalue weighted by Gasteiger charge is -2.27. The number of hydrogen-bond donors (Lipinski definition) is 1. The van der Waals surface area contributed by atoms with Crippen molar-refractivity contribution >= 4 is 41.5 Å². The van der Waals surface area contributed by atoms with Crippen molar-refractivity contribution in [3.63, 3.8) is 0 Å². The normalized spacial score (nSPS) is 23.4. The van der Waals surface area contributed by atoms with Crippen molar-refractivity contribution in [2.75, 3.05) is 39.4 Å². The van der Waals surface area contributed by atoms with Gasteiger partial charge in [-0.05, 0) is 37.5 Å². The summed E-state index contributed by atoms with van der Waals surface area (Å²) in [6, 6.07) is 8.11. The molecule has 1 spiro atoms. The Labute approximate surface area is 179 Å². The van der Waals surface area contributed by atoms with E-state index in [1.165, 1.54) is 18.4 Å². The van der Waals surface area contributed by atoms with Gasteiger partial charge in [0.15, 0.2) is 5.96 Å². The van der Waals surface area contributed by atoms with Gasteiger partial charge < -0.3 is 15.0 Å². The Kier molecular flexibility index (Phi) is 7.62. The van der Waals surface area contributed by atoms with Crippen molar-refractivity contribution in [1.82, 2.24) is 10.2 Å². The van der Waals surface area contributed by atoms with E-state index < -0.39 is 0 Å². The third-order valence-corrected chi connectivity index (χ3v) is 5.72. The maximum atomic E-state index is 6.17. The van der Waals surface area contributed by atoms with Crippen LogP contribution in [0.4, 0.5) is 0 Å². The van der Waals surface area contributed by atoms with E-state index in [-0.39, 0.29) is 29.4 Å². The lowest BCUT2D eigenvalue weighted by atomic mass is 9.85. The van der Waals surface area contributed by atoms with Gasteiger partial charge in [-0.1, -0.05) is 37.6 Å². The molecular formula is C20H31ClIN3O. The molecule has 2 saturated heterocycles. The van der Waals surface area contributed by atoms with Gasteiger partial charge in [-0.15, -0.1) is 24.0 Å². The molecule has 1 atom stereocenters. The third kappa shape index (κ3) is 5.04. The van der Waals surface area contributed by atoms with Gasteiger partial charge in [-0.25, -0.2) is 0 Å². The Morgan fingerprint density at radius 3 is 2.85 bits per heavy atom. The second-order valence-electron chi connectivity index (χ2n) is 8.04. The molecule has 1 unspecified atom stereocenters. The van der Waals surface area contributed by atoms with Gasteiger partial charge in [0, 0.05) is 42.1 Å². The van der Waals surface area contributed by atoms with Gasteiger partial charge in [0.2, 0.25) is 0 Å². The van der Waals surface area contributed by atoms with E-state index in [1.54, 1.807) is 0 Å². The molecule has 0 bridgehead atoms. The Morgan fingerprint density at radius 2 is 2.19 bits per heavy atom. The number of benzene rings is 1. The quantitative estimate of drug-likeness (QED) is 0.387. The van der Waals surface area contributed by atoms with Crippen LogP contribution >= 0.6 is 35.6 Å². The fourth-order valence-corrected chi connectivity index (χ4v) is 3.98. The molecule has 6 heteroatoms. The summed E-state index contributed by atoms with van der Waals surface area (Å²) in [6.45, 7) is 12.1. The van der Waals surface area contributed by atoms with Crippen molar-refractivity contribution in [2.45, 2.75) is 39.0 Å². The molecule has 0 radical (unpaired) electrons. The highest BCUT2D eigenvalue weighted by Crippen LogP contribution is 2.38. The molecule has 4 nitrogen and oxygen atoms in total. The standard InChI is InChI=1S/C20H30ClN3O.HI/c1-4-22-18(24-10-8-20(14-24)9-11-25-15-20)23-13-19(2,3)16-6-5-7-17(21)12-16;/h5-7,12H,4,8-11,13-15H2,1-3H3,(H,22,23);1H. The average Bonchev–Trinajstić information content (AvgIpc) is 3.22. The monoisotopic (exact) mass is 491 g/mol. The Morgan fingerprint density at radius 1 is 1.38 bits per heavy atom. The molecule has 0 amide bonds. The zero-order valence-electron chi connectivity index (χ0n) is 16.1. The maximum Gasteiger partial charge on any atom is 0.193 e. The number of guanidine groups is 1. The van der Waals surface area contributed by atoms with Gasteiger partial charge in [0.1, 0.15) is 0 Å². The zero-order chi connectivity index (χ0) is 17.9. The van der Waals surface area contributed by atoms with Gasteiger partial charge in [-0.3, -0.25) is 4.99 Å². The van der Waals surface area contributed by atoms with Crippen molar-refractivity contribution in [3.05, 3.63) is 34.9 Å². The van der Waals surface area contributed by atoms with Crippen LogP contribution in [0.5, 0.6) is 0 Å². The van der Waals surface area contributed by atoms with E-state index in [0.717, 1.165) is 50.4 Å². The van der Waals surface area contributed by atoms with Crippen LogP contribution in [0.2, 0.25) is 5.02 Å². The maximum absolute atomic E-state index is 6.17. The molecule has 3 rings (SSSR count). The number of ether oxygens (including phenoxy) is 1. The minimum Gasteiger partial charge on any atom is -0.381 e. The van der Waals surface area contributed by atoms with Gasteiger partial charge in [0.05, 0.1) is 13.2 Å². The Hall–Kier alpha value is -0.530. The summed E-state index contributed by atoms with van der Waals surface area (Å²) >= 11 is 6.17. The van der Waals surface area contributed by atoms with Crippen LogP contribution in [0.25, 0.3) is 0 Å². The third-order valence-electron chi connectivity index (χ3n) is 5.49. The summed E-state index contributed by atoms with van der Waals surface area (Å²) < 4.78 is 5.65. The number of nitrogens with one attached hydrogen (secondary N) is 1. The molecule has 1 N–H and O–H groups in total. The van der Waals surface area contributed by atoms with Gasteiger partial charge >= 0.3 is 0 Å². The molecule has 0 saturated carbocycles.